The molecule has 0 spiro atoms. The molecule has 1 fully saturated rings. The average Bonchev–Trinajstić information content (AvgIpc) is 2.77. The molecule has 34 heavy (non-hydrogen) atoms. The monoisotopic (exact) mass is 494 g/mol. The van der Waals surface area contributed by atoms with Crippen LogP contribution in [0.15, 0.2) is 18.2 Å². The van der Waals surface area contributed by atoms with Gasteiger partial charge in [-0.2, -0.15) is 13.2 Å². The van der Waals surface area contributed by atoms with E-state index in [-0.39, 0.29) is 12.7 Å². The van der Waals surface area contributed by atoms with E-state index < -0.39 is 48.7 Å². The predicted molar refractivity (Wildman–Crippen MR) is 120 cm³/mol. The van der Waals surface area contributed by atoms with Gasteiger partial charge in [0.2, 0.25) is 5.91 Å². The second-order valence-corrected chi connectivity index (χ2v) is 7.63. The molecular formula is C22H34F4N4O4. The normalized spacial score (nSPS) is 21.0. The van der Waals surface area contributed by atoms with Gasteiger partial charge in [0, 0.05) is 17.8 Å². The van der Waals surface area contributed by atoms with Crippen molar-refractivity contribution < 1.29 is 36.6 Å². The maximum atomic E-state index is 14.3. The molecule has 0 bridgehead atoms. The first-order valence-electron chi connectivity index (χ1n) is 11.2. The number of rotatable bonds is 8. The SMILES string of the molecule is CC.C[C@H](N)C(=O)Nc1cccc(F)c1CC[C@@H]1CN[C@H](COC(=O)NCC(F)(F)F)[C@@H](C)O1. The van der Waals surface area contributed by atoms with Crippen LogP contribution in [0.5, 0.6) is 0 Å². The van der Waals surface area contributed by atoms with Crippen molar-refractivity contribution in [3.8, 4) is 0 Å². The van der Waals surface area contributed by atoms with Gasteiger partial charge in [-0.15, -0.1) is 0 Å². The molecule has 12 heteroatoms. The lowest BCUT2D eigenvalue weighted by Gasteiger charge is -2.35. The van der Waals surface area contributed by atoms with E-state index in [1.165, 1.54) is 19.1 Å². The number of amides is 2. The number of alkyl halides is 3. The number of carbonyl (C=O) groups excluding carboxylic acids is 2. The van der Waals surface area contributed by atoms with Crippen LogP contribution < -0.4 is 21.7 Å². The van der Waals surface area contributed by atoms with Gasteiger partial charge in [0.25, 0.3) is 0 Å². The molecule has 194 valence electrons. The van der Waals surface area contributed by atoms with E-state index >= 15 is 0 Å². The summed E-state index contributed by atoms with van der Waals surface area (Å²) in [5.74, 6) is -0.886. The summed E-state index contributed by atoms with van der Waals surface area (Å²) in [7, 11) is 0. The number of benzene rings is 1. The summed E-state index contributed by atoms with van der Waals surface area (Å²) in [6.07, 6.45) is -5.63. The van der Waals surface area contributed by atoms with Crippen LogP contribution in [-0.2, 0) is 20.7 Å². The molecule has 1 aromatic carbocycles. The number of alkyl carbamates (subject to hydrolysis) is 1. The van der Waals surface area contributed by atoms with E-state index in [0.717, 1.165) is 0 Å². The van der Waals surface area contributed by atoms with Crippen LogP contribution in [0.2, 0.25) is 0 Å². The minimum atomic E-state index is -4.52. The van der Waals surface area contributed by atoms with Crippen LogP contribution in [0.4, 0.5) is 28.0 Å². The van der Waals surface area contributed by atoms with Crippen molar-refractivity contribution in [2.45, 2.75) is 71.0 Å². The second-order valence-electron chi connectivity index (χ2n) is 7.63. The van der Waals surface area contributed by atoms with Crippen molar-refractivity contribution in [3.05, 3.63) is 29.6 Å². The molecule has 1 heterocycles. The van der Waals surface area contributed by atoms with Gasteiger partial charge in [0.1, 0.15) is 19.0 Å². The predicted octanol–water partition coefficient (Wildman–Crippen LogP) is 3.10. The van der Waals surface area contributed by atoms with E-state index in [0.29, 0.717) is 30.6 Å². The highest BCUT2D eigenvalue weighted by molar-refractivity contribution is 5.95. The maximum Gasteiger partial charge on any atom is 0.407 e. The number of anilines is 1. The van der Waals surface area contributed by atoms with Gasteiger partial charge in [0.15, 0.2) is 0 Å². The van der Waals surface area contributed by atoms with Crippen molar-refractivity contribution in [2.24, 2.45) is 5.73 Å². The summed E-state index contributed by atoms with van der Waals surface area (Å²) < 4.78 is 61.4. The van der Waals surface area contributed by atoms with Crippen molar-refractivity contribution >= 4 is 17.7 Å². The van der Waals surface area contributed by atoms with Crippen LogP contribution in [0.3, 0.4) is 0 Å². The van der Waals surface area contributed by atoms with Gasteiger partial charge in [-0.05, 0) is 38.8 Å². The van der Waals surface area contributed by atoms with Crippen molar-refractivity contribution in [1.82, 2.24) is 10.6 Å². The number of nitrogens with one attached hydrogen (secondary N) is 3. The lowest BCUT2D eigenvalue weighted by molar-refractivity contribution is -0.124. The Bertz CT molecular complexity index is 793. The number of hydrogen-bond donors (Lipinski definition) is 4. The van der Waals surface area contributed by atoms with Crippen molar-refractivity contribution in [2.75, 3.05) is 25.0 Å². The Morgan fingerprint density at radius 2 is 2.00 bits per heavy atom. The molecule has 0 aliphatic carbocycles. The largest absolute Gasteiger partial charge is 0.448 e. The number of hydrogen-bond acceptors (Lipinski definition) is 6. The third-order valence-corrected chi connectivity index (χ3v) is 4.92. The second kappa shape index (κ2) is 14.1. The number of halogens is 4. The smallest absolute Gasteiger partial charge is 0.407 e. The molecule has 1 aliphatic heterocycles. The average molecular weight is 495 g/mol. The Morgan fingerprint density at radius 1 is 1.32 bits per heavy atom. The lowest BCUT2D eigenvalue weighted by Crippen LogP contribution is -2.54. The number of morpholine rings is 1. The van der Waals surface area contributed by atoms with E-state index in [9.17, 15) is 27.2 Å². The van der Waals surface area contributed by atoms with Gasteiger partial charge in [-0.1, -0.05) is 19.9 Å². The molecule has 0 radical (unpaired) electrons. The zero-order valence-electron chi connectivity index (χ0n) is 19.8. The summed E-state index contributed by atoms with van der Waals surface area (Å²) >= 11 is 0. The van der Waals surface area contributed by atoms with Crippen molar-refractivity contribution in [3.63, 3.8) is 0 Å². The standard InChI is InChI=1S/C20H28F4N4O4.C2H6/c1-11(25)18(29)28-16-5-3-4-15(21)14(16)7-6-13-8-26-17(12(2)32-13)9-31-19(30)27-10-20(22,23)24;1-2/h3-5,11-13,17,26H,6-10,25H2,1-2H3,(H,27,30)(H,28,29);1-2H3/t11-,12+,13+,17+;/m0./s1. The van der Waals surface area contributed by atoms with Crippen LogP contribution in [0.25, 0.3) is 0 Å². The van der Waals surface area contributed by atoms with Crippen LogP contribution in [0, 0.1) is 5.82 Å². The molecule has 5 N–H and O–H groups in total. The molecule has 0 unspecified atom stereocenters. The summed E-state index contributed by atoms with van der Waals surface area (Å²) in [6, 6.07) is 3.24. The van der Waals surface area contributed by atoms with E-state index in [4.69, 9.17) is 15.2 Å². The summed E-state index contributed by atoms with van der Waals surface area (Å²) in [5, 5.41) is 7.37. The van der Waals surface area contributed by atoms with Crippen molar-refractivity contribution in [1.29, 1.82) is 0 Å². The van der Waals surface area contributed by atoms with E-state index in [1.54, 1.807) is 18.3 Å². The zero-order valence-corrected chi connectivity index (χ0v) is 19.8. The molecule has 1 aliphatic rings. The quantitative estimate of drug-likeness (QED) is 0.413. The first-order chi connectivity index (χ1) is 16.0. The van der Waals surface area contributed by atoms with Crippen LogP contribution in [0.1, 0.15) is 39.7 Å². The zero-order chi connectivity index (χ0) is 25.9. The van der Waals surface area contributed by atoms with Crippen LogP contribution in [-0.4, -0.2) is 62.2 Å². The number of carbonyl (C=O) groups is 2. The highest BCUT2D eigenvalue weighted by Gasteiger charge is 2.31. The fraction of sp³-hybridized carbons (Fsp3) is 0.636. The lowest BCUT2D eigenvalue weighted by atomic mass is 10.0. The summed E-state index contributed by atoms with van der Waals surface area (Å²) in [4.78, 5) is 23.2. The molecule has 0 saturated carbocycles. The van der Waals surface area contributed by atoms with Gasteiger partial charge in [0.05, 0.1) is 24.3 Å². The third kappa shape index (κ3) is 10.2. The number of ether oxygens (including phenoxy) is 2. The number of nitrogens with two attached hydrogens (primary N) is 1. The molecular weight excluding hydrogens is 460 g/mol. The Morgan fingerprint density at radius 3 is 2.59 bits per heavy atom. The fourth-order valence-electron chi connectivity index (χ4n) is 3.13. The third-order valence-electron chi connectivity index (χ3n) is 4.92. The summed E-state index contributed by atoms with van der Waals surface area (Å²) in [5.41, 5.74) is 6.24. The Labute approximate surface area is 196 Å². The van der Waals surface area contributed by atoms with Gasteiger partial charge >= 0.3 is 12.3 Å². The van der Waals surface area contributed by atoms with Crippen LogP contribution >= 0.6 is 0 Å². The van der Waals surface area contributed by atoms with Gasteiger partial charge in [-0.3, -0.25) is 4.79 Å². The van der Waals surface area contributed by atoms with E-state index in [1.807, 2.05) is 13.8 Å². The molecule has 2 rings (SSSR count). The molecule has 1 aromatic rings. The highest BCUT2D eigenvalue weighted by Crippen LogP contribution is 2.23. The fourth-order valence-corrected chi connectivity index (χ4v) is 3.13. The maximum absolute atomic E-state index is 14.3. The summed E-state index contributed by atoms with van der Waals surface area (Å²) in [6.45, 7) is 5.99. The minimum Gasteiger partial charge on any atom is -0.448 e. The molecule has 1 saturated heterocycles. The topological polar surface area (TPSA) is 115 Å². The molecule has 0 aromatic heterocycles. The van der Waals surface area contributed by atoms with Gasteiger partial charge in [-0.25, -0.2) is 9.18 Å². The minimum absolute atomic E-state index is 0.168. The molecule has 4 atom stereocenters. The molecule has 8 nitrogen and oxygen atoms in total. The Hall–Kier alpha value is -2.44. The highest BCUT2D eigenvalue weighted by atomic mass is 19.4. The Kier molecular flexibility index (Phi) is 12.2. The first-order valence-corrected chi connectivity index (χ1v) is 11.2. The Balaban J connectivity index is 0.00000281. The van der Waals surface area contributed by atoms with E-state index in [2.05, 4.69) is 10.6 Å². The first kappa shape index (κ1) is 29.6. The van der Waals surface area contributed by atoms with Gasteiger partial charge < -0.3 is 31.2 Å². The molecule has 2 amide bonds.